The Morgan fingerprint density at radius 2 is 1.13 bits per heavy atom. The number of halogens is 1. The zero-order valence-electron chi connectivity index (χ0n) is 15.3. The van der Waals surface area contributed by atoms with Crippen LogP contribution >= 0.6 is 11.6 Å². The van der Waals surface area contributed by atoms with Gasteiger partial charge in [0.1, 0.15) is 0 Å². The van der Waals surface area contributed by atoms with E-state index in [4.69, 9.17) is 11.6 Å². The van der Waals surface area contributed by atoms with Crippen LogP contribution in [0.3, 0.4) is 0 Å². The number of aliphatic carboxylic acids is 1. The standard InChI is InChI=1S/C20H39ClO2/c1-2-3-4-5-6-7-8-9-10-11-12-13-14-15-16-19(17-18-21)20(22)23/h19H,2-18H2,1H3,(H,22,23)/p-1. The fraction of sp³-hybridized carbons (Fsp3) is 0.950. The SMILES string of the molecule is CCCCCCCCCCCCCCCCC(CCCl)C(=O)[O-]. The van der Waals surface area contributed by atoms with Gasteiger partial charge in [-0.1, -0.05) is 96.8 Å². The number of carbonyl (C=O) groups excluding carboxylic acids is 1. The van der Waals surface area contributed by atoms with Crippen LogP contribution in [0.5, 0.6) is 0 Å². The molecule has 138 valence electrons. The van der Waals surface area contributed by atoms with E-state index in [1.807, 2.05) is 0 Å². The maximum Gasteiger partial charge on any atom is 0.0445 e. The van der Waals surface area contributed by atoms with E-state index in [1.54, 1.807) is 0 Å². The predicted molar refractivity (Wildman–Crippen MR) is 98.8 cm³/mol. The summed E-state index contributed by atoms with van der Waals surface area (Å²) < 4.78 is 0. The molecule has 0 aromatic rings. The van der Waals surface area contributed by atoms with Gasteiger partial charge in [-0.05, 0) is 18.8 Å². The van der Waals surface area contributed by atoms with Gasteiger partial charge in [0, 0.05) is 11.8 Å². The largest absolute Gasteiger partial charge is 0.550 e. The van der Waals surface area contributed by atoms with Gasteiger partial charge in [-0.3, -0.25) is 0 Å². The third-order valence-corrected chi connectivity index (χ3v) is 4.92. The quantitative estimate of drug-likeness (QED) is 0.231. The zero-order valence-corrected chi connectivity index (χ0v) is 16.0. The first-order valence-corrected chi connectivity index (χ1v) is 10.5. The van der Waals surface area contributed by atoms with Crippen molar-refractivity contribution in [2.45, 2.75) is 110 Å². The number of carboxylic acid groups (broad SMARTS) is 1. The molecule has 0 aliphatic carbocycles. The third-order valence-electron chi connectivity index (χ3n) is 4.70. The fourth-order valence-corrected chi connectivity index (χ4v) is 3.36. The lowest BCUT2D eigenvalue weighted by atomic mass is 9.98. The van der Waals surface area contributed by atoms with Gasteiger partial charge in [-0.25, -0.2) is 0 Å². The predicted octanol–water partition coefficient (Wildman–Crippen LogP) is 5.85. The number of alkyl halides is 1. The van der Waals surface area contributed by atoms with Crippen LogP contribution in [-0.4, -0.2) is 11.8 Å². The van der Waals surface area contributed by atoms with Gasteiger partial charge in [-0.15, -0.1) is 11.6 Å². The van der Waals surface area contributed by atoms with Crippen molar-refractivity contribution in [3.63, 3.8) is 0 Å². The van der Waals surface area contributed by atoms with Crippen molar-refractivity contribution in [2.75, 3.05) is 5.88 Å². The van der Waals surface area contributed by atoms with E-state index in [-0.39, 0.29) is 5.92 Å². The Hall–Kier alpha value is -0.240. The van der Waals surface area contributed by atoms with E-state index in [2.05, 4.69) is 6.92 Å². The van der Waals surface area contributed by atoms with E-state index in [0.717, 1.165) is 19.3 Å². The average molecular weight is 346 g/mol. The van der Waals surface area contributed by atoms with Crippen LogP contribution in [0, 0.1) is 5.92 Å². The van der Waals surface area contributed by atoms with Crippen molar-refractivity contribution in [1.29, 1.82) is 0 Å². The maximum atomic E-state index is 10.9. The summed E-state index contributed by atoms with van der Waals surface area (Å²) in [6, 6.07) is 0. The van der Waals surface area contributed by atoms with E-state index in [0.29, 0.717) is 12.3 Å². The van der Waals surface area contributed by atoms with Crippen LogP contribution in [0.15, 0.2) is 0 Å². The molecule has 0 aromatic heterocycles. The Morgan fingerprint density at radius 3 is 1.48 bits per heavy atom. The Labute approximate surface area is 149 Å². The molecule has 0 rings (SSSR count). The monoisotopic (exact) mass is 345 g/mol. The minimum Gasteiger partial charge on any atom is -0.550 e. The smallest absolute Gasteiger partial charge is 0.0445 e. The average Bonchev–Trinajstić information content (AvgIpc) is 2.54. The molecule has 0 spiro atoms. The van der Waals surface area contributed by atoms with Crippen molar-refractivity contribution in [3.05, 3.63) is 0 Å². The molecule has 23 heavy (non-hydrogen) atoms. The van der Waals surface area contributed by atoms with E-state index in [9.17, 15) is 9.90 Å². The number of carbonyl (C=O) groups is 1. The number of hydrogen-bond acceptors (Lipinski definition) is 2. The van der Waals surface area contributed by atoms with E-state index < -0.39 is 5.97 Å². The van der Waals surface area contributed by atoms with Crippen molar-refractivity contribution in [3.8, 4) is 0 Å². The fourth-order valence-electron chi connectivity index (χ4n) is 3.10. The second-order valence-electron chi connectivity index (χ2n) is 6.88. The molecule has 2 nitrogen and oxygen atoms in total. The van der Waals surface area contributed by atoms with Crippen LogP contribution in [0.4, 0.5) is 0 Å². The molecule has 0 aliphatic rings. The maximum absolute atomic E-state index is 10.9. The number of hydrogen-bond donors (Lipinski definition) is 0. The van der Waals surface area contributed by atoms with Gasteiger partial charge < -0.3 is 9.90 Å². The van der Waals surface area contributed by atoms with Crippen molar-refractivity contribution >= 4 is 17.6 Å². The molecule has 1 unspecified atom stereocenters. The van der Waals surface area contributed by atoms with Gasteiger partial charge in [0.25, 0.3) is 0 Å². The normalized spacial score (nSPS) is 12.4. The van der Waals surface area contributed by atoms with E-state index >= 15 is 0 Å². The summed E-state index contributed by atoms with van der Waals surface area (Å²) in [5.74, 6) is -0.859. The lowest BCUT2D eigenvalue weighted by molar-refractivity contribution is -0.311. The lowest BCUT2D eigenvalue weighted by Gasteiger charge is -2.16. The van der Waals surface area contributed by atoms with Gasteiger partial charge in [0.15, 0.2) is 0 Å². The molecular formula is C20H38ClO2-. The summed E-state index contributed by atoms with van der Waals surface area (Å²) in [5, 5.41) is 10.9. The molecule has 0 amide bonds. The summed E-state index contributed by atoms with van der Waals surface area (Å²) in [4.78, 5) is 10.9. The molecule has 0 heterocycles. The third kappa shape index (κ3) is 16.4. The summed E-state index contributed by atoms with van der Waals surface area (Å²) >= 11 is 5.61. The highest BCUT2D eigenvalue weighted by molar-refractivity contribution is 6.17. The number of unbranched alkanes of at least 4 members (excludes halogenated alkanes) is 13. The molecule has 0 saturated heterocycles. The first kappa shape index (κ1) is 22.8. The molecule has 0 fully saturated rings. The molecular weight excluding hydrogens is 308 g/mol. The minimum atomic E-state index is -0.930. The minimum absolute atomic E-state index is 0.343. The van der Waals surface area contributed by atoms with Gasteiger partial charge in [0.2, 0.25) is 0 Å². The van der Waals surface area contributed by atoms with Crippen LogP contribution in [0.25, 0.3) is 0 Å². The van der Waals surface area contributed by atoms with Crippen LogP contribution in [0.1, 0.15) is 110 Å². The summed E-state index contributed by atoms with van der Waals surface area (Å²) in [5.41, 5.74) is 0. The molecule has 0 bridgehead atoms. The van der Waals surface area contributed by atoms with Gasteiger partial charge in [-0.2, -0.15) is 0 Å². The Balaban J connectivity index is 3.20. The van der Waals surface area contributed by atoms with Crippen molar-refractivity contribution in [2.24, 2.45) is 5.92 Å². The van der Waals surface area contributed by atoms with Crippen LogP contribution in [0.2, 0.25) is 0 Å². The first-order chi connectivity index (χ1) is 11.2. The van der Waals surface area contributed by atoms with Gasteiger partial charge in [0.05, 0.1) is 0 Å². The van der Waals surface area contributed by atoms with Crippen molar-refractivity contribution < 1.29 is 9.90 Å². The topological polar surface area (TPSA) is 40.1 Å². The highest BCUT2D eigenvalue weighted by Gasteiger charge is 2.08. The molecule has 0 N–H and O–H groups in total. The molecule has 0 aromatic carbocycles. The summed E-state index contributed by atoms with van der Waals surface area (Å²) in [7, 11) is 0. The molecule has 0 aliphatic heterocycles. The second-order valence-corrected chi connectivity index (χ2v) is 7.26. The number of carboxylic acids is 1. The Kier molecular flexibility index (Phi) is 17.9. The summed E-state index contributed by atoms with van der Waals surface area (Å²) in [6.07, 6.45) is 19.8. The first-order valence-electron chi connectivity index (χ1n) is 9.99. The molecule has 1 atom stereocenters. The Morgan fingerprint density at radius 1 is 0.739 bits per heavy atom. The lowest BCUT2D eigenvalue weighted by Crippen LogP contribution is -2.31. The molecule has 3 heteroatoms. The highest BCUT2D eigenvalue weighted by Crippen LogP contribution is 2.16. The second kappa shape index (κ2) is 18.1. The molecule has 0 saturated carbocycles. The van der Waals surface area contributed by atoms with E-state index in [1.165, 1.54) is 77.0 Å². The molecule has 0 radical (unpaired) electrons. The Bertz CT molecular complexity index is 256. The van der Waals surface area contributed by atoms with Crippen LogP contribution in [-0.2, 0) is 4.79 Å². The van der Waals surface area contributed by atoms with Crippen molar-refractivity contribution in [1.82, 2.24) is 0 Å². The zero-order chi connectivity index (χ0) is 17.2. The van der Waals surface area contributed by atoms with Gasteiger partial charge >= 0.3 is 0 Å². The highest BCUT2D eigenvalue weighted by atomic mass is 35.5. The van der Waals surface area contributed by atoms with Crippen LogP contribution < -0.4 is 5.11 Å². The number of rotatable bonds is 18. The summed E-state index contributed by atoms with van der Waals surface area (Å²) in [6.45, 7) is 2.27.